The van der Waals surface area contributed by atoms with Gasteiger partial charge in [0.15, 0.2) is 0 Å². The normalized spacial score (nSPS) is 10.8. The minimum absolute atomic E-state index is 0.797. The number of rotatable bonds is 5. The van der Waals surface area contributed by atoms with Crippen LogP contribution in [0.1, 0.15) is 26.7 Å². The molecule has 0 unspecified atom stereocenters. The summed E-state index contributed by atoms with van der Waals surface area (Å²) < 4.78 is 1.81. The maximum absolute atomic E-state index is 4.23. The molecule has 0 spiro atoms. The van der Waals surface area contributed by atoms with Gasteiger partial charge in [-0.15, -0.1) is 0 Å². The summed E-state index contributed by atoms with van der Waals surface area (Å²) >= 11 is 0. The molecular weight excluding hydrogens is 162 g/mol. The standard InChI is InChI=1S/C10H19N3/c1-9(2)5-4-7-11-10-6-8-13(3)12-10/h6,8-9H,4-5,7H2,1-3H3,(H,11,12). The number of nitrogens with one attached hydrogen (secondary N) is 1. The Bertz CT molecular complexity index is 240. The Balaban J connectivity index is 2.13. The smallest absolute Gasteiger partial charge is 0.147 e. The quantitative estimate of drug-likeness (QED) is 0.706. The van der Waals surface area contributed by atoms with E-state index in [1.807, 2.05) is 24.0 Å². The van der Waals surface area contributed by atoms with Gasteiger partial charge in [0, 0.05) is 25.9 Å². The summed E-state index contributed by atoms with van der Waals surface area (Å²) in [5.41, 5.74) is 0. The first-order chi connectivity index (χ1) is 6.18. The van der Waals surface area contributed by atoms with Crippen molar-refractivity contribution >= 4 is 5.82 Å². The van der Waals surface area contributed by atoms with Crippen molar-refractivity contribution in [3.8, 4) is 0 Å². The van der Waals surface area contributed by atoms with Gasteiger partial charge in [-0.1, -0.05) is 13.8 Å². The van der Waals surface area contributed by atoms with E-state index in [4.69, 9.17) is 0 Å². The molecule has 1 heterocycles. The van der Waals surface area contributed by atoms with Crippen molar-refractivity contribution in [2.24, 2.45) is 13.0 Å². The van der Waals surface area contributed by atoms with Crippen molar-refractivity contribution in [1.82, 2.24) is 9.78 Å². The summed E-state index contributed by atoms with van der Waals surface area (Å²) in [6.45, 7) is 5.52. The minimum atomic E-state index is 0.797. The van der Waals surface area contributed by atoms with Crippen LogP contribution in [0.3, 0.4) is 0 Å². The predicted octanol–water partition coefficient (Wildman–Crippen LogP) is 2.27. The molecule has 0 aliphatic carbocycles. The number of nitrogens with zero attached hydrogens (tertiary/aromatic N) is 2. The van der Waals surface area contributed by atoms with Crippen LogP contribution in [0.15, 0.2) is 12.3 Å². The zero-order valence-corrected chi connectivity index (χ0v) is 8.75. The highest BCUT2D eigenvalue weighted by molar-refractivity contribution is 5.31. The van der Waals surface area contributed by atoms with E-state index in [2.05, 4.69) is 24.3 Å². The second kappa shape index (κ2) is 4.90. The zero-order valence-electron chi connectivity index (χ0n) is 8.75. The van der Waals surface area contributed by atoms with Gasteiger partial charge in [0.05, 0.1) is 0 Å². The van der Waals surface area contributed by atoms with Crippen LogP contribution in [-0.2, 0) is 7.05 Å². The molecule has 0 radical (unpaired) electrons. The highest BCUT2D eigenvalue weighted by atomic mass is 15.3. The number of hydrogen-bond acceptors (Lipinski definition) is 2. The van der Waals surface area contributed by atoms with Gasteiger partial charge in [-0.3, -0.25) is 4.68 Å². The number of anilines is 1. The number of hydrogen-bond donors (Lipinski definition) is 1. The maximum atomic E-state index is 4.23. The van der Waals surface area contributed by atoms with Gasteiger partial charge < -0.3 is 5.32 Å². The predicted molar refractivity (Wildman–Crippen MR) is 55.8 cm³/mol. The average molecular weight is 181 g/mol. The molecule has 13 heavy (non-hydrogen) atoms. The van der Waals surface area contributed by atoms with Gasteiger partial charge in [0.1, 0.15) is 5.82 Å². The van der Waals surface area contributed by atoms with E-state index in [0.717, 1.165) is 18.3 Å². The largest absolute Gasteiger partial charge is 0.369 e. The first kappa shape index (κ1) is 10.1. The third-order valence-corrected chi connectivity index (χ3v) is 1.98. The van der Waals surface area contributed by atoms with Crippen LogP contribution in [0.5, 0.6) is 0 Å². The Kier molecular flexibility index (Phi) is 3.80. The molecule has 1 N–H and O–H groups in total. The van der Waals surface area contributed by atoms with E-state index in [-0.39, 0.29) is 0 Å². The Morgan fingerprint density at radius 2 is 2.31 bits per heavy atom. The molecule has 0 aliphatic rings. The van der Waals surface area contributed by atoms with E-state index >= 15 is 0 Å². The molecule has 0 aromatic carbocycles. The van der Waals surface area contributed by atoms with Gasteiger partial charge in [-0.25, -0.2) is 0 Å². The van der Waals surface area contributed by atoms with Crippen LogP contribution in [0, 0.1) is 5.92 Å². The summed E-state index contributed by atoms with van der Waals surface area (Å²) in [4.78, 5) is 0. The second-order valence-corrected chi connectivity index (χ2v) is 3.84. The summed E-state index contributed by atoms with van der Waals surface area (Å²) in [7, 11) is 1.93. The van der Waals surface area contributed by atoms with Gasteiger partial charge >= 0.3 is 0 Å². The van der Waals surface area contributed by atoms with Gasteiger partial charge in [-0.05, 0) is 18.8 Å². The van der Waals surface area contributed by atoms with Crippen molar-refractivity contribution in [3.05, 3.63) is 12.3 Å². The van der Waals surface area contributed by atoms with Crippen LogP contribution < -0.4 is 5.32 Å². The molecule has 0 bridgehead atoms. The molecule has 0 saturated carbocycles. The van der Waals surface area contributed by atoms with Crippen LogP contribution in [0.4, 0.5) is 5.82 Å². The molecule has 3 nitrogen and oxygen atoms in total. The van der Waals surface area contributed by atoms with Gasteiger partial charge in [-0.2, -0.15) is 5.10 Å². The lowest BCUT2D eigenvalue weighted by Gasteiger charge is -2.04. The molecule has 3 heteroatoms. The molecule has 0 saturated heterocycles. The molecule has 1 rings (SSSR count). The molecule has 0 amide bonds. The highest BCUT2D eigenvalue weighted by Gasteiger charge is 1.96. The van der Waals surface area contributed by atoms with E-state index in [1.165, 1.54) is 12.8 Å². The molecule has 0 aliphatic heterocycles. The lowest BCUT2D eigenvalue weighted by atomic mass is 10.1. The fraction of sp³-hybridized carbons (Fsp3) is 0.700. The third-order valence-electron chi connectivity index (χ3n) is 1.98. The van der Waals surface area contributed by atoms with E-state index in [0.29, 0.717) is 0 Å². The molecule has 1 aromatic heterocycles. The Hall–Kier alpha value is -0.990. The SMILES string of the molecule is CC(C)CCCNc1ccn(C)n1. The molecule has 1 aromatic rings. The van der Waals surface area contributed by atoms with Gasteiger partial charge in [0.2, 0.25) is 0 Å². The third kappa shape index (κ3) is 3.97. The molecule has 0 atom stereocenters. The fourth-order valence-corrected chi connectivity index (χ4v) is 1.24. The van der Waals surface area contributed by atoms with E-state index < -0.39 is 0 Å². The summed E-state index contributed by atoms with van der Waals surface area (Å²) in [5.74, 6) is 1.77. The lowest BCUT2D eigenvalue weighted by molar-refractivity contribution is 0.566. The summed E-state index contributed by atoms with van der Waals surface area (Å²) in [6, 6.07) is 2.00. The van der Waals surface area contributed by atoms with Crippen LogP contribution in [0.25, 0.3) is 0 Å². The first-order valence-corrected chi connectivity index (χ1v) is 4.92. The average Bonchev–Trinajstić information content (AvgIpc) is 2.45. The van der Waals surface area contributed by atoms with Crippen molar-refractivity contribution in [3.63, 3.8) is 0 Å². The highest BCUT2D eigenvalue weighted by Crippen LogP contribution is 2.05. The first-order valence-electron chi connectivity index (χ1n) is 4.92. The topological polar surface area (TPSA) is 29.9 Å². The van der Waals surface area contributed by atoms with Crippen molar-refractivity contribution in [2.75, 3.05) is 11.9 Å². The fourth-order valence-electron chi connectivity index (χ4n) is 1.24. The summed E-state index contributed by atoms with van der Waals surface area (Å²) in [5, 5.41) is 7.52. The number of aromatic nitrogens is 2. The van der Waals surface area contributed by atoms with Gasteiger partial charge in [0.25, 0.3) is 0 Å². The molecule has 74 valence electrons. The Labute approximate surface area is 80.1 Å². The maximum Gasteiger partial charge on any atom is 0.147 e. The van der Waals surface area contributed by atoms with Crippen molar-refractivity contribution in [1.29, 1.82) is 0 Å². The van der Waals surface area contributed by atoms with Crippen molar-refractivity contribution in [2.45, 2.75) is 26.7 Å². The van der Waals surface area contributed by atoms with E-state index in [1.54, 1.807) is 0 Å². The Morgan fingerprint density at radius 3 is 2.85 bits per heavy atom. The molecular formula is C10H19N3. The van der Waals surface area contributed by atoms with Crippen LogP contribution >= 0.6 is 0 Å². The second-order valence-electron chi connectivity index (χ2n) is 3.84. The zero-order chi connectivity index (χ0) is 9.68. The van der Waals surface area contributed by atoms with Crippen LogP contribution in [-0.4, -0.2) is 16.3 Å². The number of aryl methyl sites for hydroxylation is 1. The lowest BCUT2D eigenvalue weighted by Crippen LogP contribution is -2.03. The Morgan fingerprint density at radius 1 is 1.54 bits per heavy atom. The monoisotopic (exact) mass is 181 g/mol. The van der Waals surface area contributed by atoms with Crippen LogP contribution in [0.2, 0.25) is 0 Å². The van der Waals surface area contributed by atoms with E-state index in [9.17, 15) is 0 Å². The summed E-state index contributed by atoms with van der Waals surface area (Å²) in [6.07, 6.45) is 4.44. The minimum Gasteiger partial charge on any atom is -0.369 e. The molecule has 0 fully saturated rings. The van der Waals surface area contributed by atoms with Crippen molar-refractivity contribution < 1.29 is 0 Å².